The normalized spacial score (nSPS) is 14.6. The second kappa shape index (κ2) is 10.3. The molecule has 1 N–H and O–H groups in total. The Hall–Kier alpha value is -2.98. The van der Waals surface area contributed by atoms with Crippen molar-refractivity contribution in [1.82, 2.24) is 29.7 Å². The molecule has 0 spiro atoms. The highest BCUT2D eigenvalue weighted by atomic mass is 35.5. The van der Waals surface area contributed by atoms with E-state index in [1.807, 2.05) is 35.8 Å². The van der Waals surface area contributed by atoms with E-state index in [0.717, 1.165) is 37.6 Å². The number of rotatable bonds is 7. The Labute approximate surface area is 196 Å². The van der Waals surface area contributed by atoms with Gasteiger partial charge in [-0.2, -0.15) is 0 Å². The number of carbonyl (C=O) groups excluding carboxylic acids is 1. The number of methoxy groups -OCH3 is 1. The number of ether oxygens (including phenoxy) is 1. The number of piperazine rings is 1. The number of aryl methyl sites for hydroxylation is 1. The van der Waals surface area contributed by atoms with Crippen LogP contribution in [-0.2, 0) is 11.3 Å². The minimum atomic E-state index is -0.503. The molecule has 0 saturated carbocycles. The number of alkyl halides is 1. The third-order valence-corrected chi connectivity index (χ3v) is 6.00. The van der Waals surface area contributed by atoms with Crippen molar-refractivity contribution >= 4 is 34.7 Å². The molecule has 1 saturated heterocycles. The van der Waals surface area contributed by atoms with Gasteiger partial charge in [0.15, 0.2) is 17.0 Å². The molecule has 2 aromatic heterocycles. The van der Waals surface area contributed by atoms with Gasteiger partial charge >= 0.3 is 6.09 Å². The average Bonchev–Trinajstić information content (AvgIpc) is 3.17. The number of benzene rings is 1. The fraction of sp³-hybridized carbons (Fsp3) is 0.455. The van der Waals surface area contributed by atoms with Gasteiger partial charge in [-0.15, -0.1) is 0 Å². The number of nitrogens with zero attached hydrogens (tertiary/aromatic N) is 6. The SMILES string of the molecule is COC(=O)NCCn1c(-c2ccccc2Cl)nc2c(N3CCN(CCF)CC3)nc(C)nc21. The number of amides is 1. The van der Waals surface area contributed by atoms with E-state index >= 15 is 0 Å². The highest BCUT2D eigenvalue weighted by Crippen LogP contribution is 2.33. The molecule has 176 valence electrons. The van der Waals surface area contributed by atoms with Crippen molar-refractivity contribution in [3.8, 4) is 11.4 Å². The quantitative estimate of drug-likeness (QED) is 0.562. The Morgan fingerprint density at radius 1 is 1.15 bits per heavy atom. The van der Waals surface area contributed by atoms with E-state index in [4.69, 9.17) is 21.6 Å². The molecule has 1 aromatic carbocycles. The highest BCUT2D eigenvalue weighted by Gasteiger charge is 2.25. The third kappa shape index (κ3) is 5.01. The smallest absolute Gasteiger partial charge is 0.406 e. The molecule has 0 radical (unpaired) electrons. The molecule has 3 aromatic rings. The molecule has 0 bridgehead atoms. The summed E-state index contributed by atoms with van der Waals surface area (Å²) < 4.78 is 19.4. The maximum atomic E-state index is 12.7. The number of nitrogens with one attached hydrogen (secondary N) is 1. The Morgan fingerprint density at radius 3 is 2.61 bits per heavy atom. The van der Waals surface area contributed by atoms with Crippen molar-refractivity contribution in [2.45, 2.75) is 13.5 Å². The van der Waals surface area contributed by atoms with Gasteiger partial charge in [-0.1, -0.05) is 23.7 Å². The predicted molar refractivity (Wildman–Crippen MR) is 126 cm³/mol. The predicted octanol–water partition coefficient (Wildman–Crippen LogP) is 2.90. The summed E-state index contributed by atoms with van der Waals surface area (Å²) in [4.78, 5) is 30.2. The lowest BCUT2D eigenvalue weighted by Crippen LogP contribution is -2.47. The first-order valence-electron chi connectivity index (χ1n) is 10.9. The number of hydrogen-bond donors (Lipinski definition) is 1. The molecule has 33 heavy (non-hydrogen) atoms. The number of halogens is 2. The molecule has 11 heteroatoms. The maximum Gasteiger partial charge on any atom is 0.406 e. The first-order chi connectivity index (χ1) is 16.0. The first kappa shape index (κ1) is 23.2. The molecule has 0 aliphatic carbocycles. The van der Waals surface area contributed by atoms with Crippen LogP contribution in [0, 0.1) is 6.92 Å². The van der Waals surface area contributed by atoms with Crippen molar-refractivity contribution in [3.63, 3.8) is 0 Å². The molecule has 9 nitrogen and oxygen atoms in total. The lowest BCUT2D eigenvalue weighted by Gasteiger charge is -2.34. The van der Waals surface area contributed by atoms with Crippen LogP contribution < -0.4 is 10.2 Å². The molecule has 3 heterocycles. The van der Waals surface area contributed by atoms with E-state index < -0.39 is 6.09 Å². The van der Waals surface area contributed by atoms with Crippen molar-refractivity contribution in [2.24, 2.45) is 0 Å². The van der Waals surface area contributed by atoms with Gasteiger partial charge in [0.05, 0.1) is 12.1 Å². The number of carbonyl (C=O) groups is 1. The number of aromatic nitrogens is 4. The maximum absolute atomic E-state index is 12.7. The Kier molecular flexibility index (Phi) is 7.24. The number of hydrogen-bond acceptors (Lipinski definition) is 7. The van der Waals surface area contributed by atoms with E-state index in [9.17, 15) is 9.18 Å². The Morgan fingerprint density at radius 2 is 1.91 bits per heavy atom. The Balaban J connectivity index is 1.76. The summed E-state index contributed by atoms with van der Waals surface area (Å²) in [6.07, 6.45) is -0.503. The molecule has 1 amide bonds. The van der Waals surface area contributed by atoms with E-state index in [2.05, 4.69) is 24.8 Å². The van der Waals surface area contributed by atoms with E-state index in [-0.39, 0.29) is 6.67 Å². The summed E-state index contributed by atoms with van der Waals surface area (Å²) in [5.41, 5.74) is 2.12. The van der Waals surface area contributed by atoms with Crippen LogP contribution in [0.1, 0.15) is 5.82 Å². The van der Waals surface area contributed by atoms with Gasteiger partial charge in [0.2, 0.25) is 0 Å². The van der Waals surface area contributed by atoms with Crippen molar-refractivity contribution < 1.29 is 13.9 Å². The van der Waals surface area contributed by atoms with Crippen LogP contribution in [0.25, 0.3) is 22.6 Å². The van der Waals surface area contributed by atoms with Gasteiger partial charge in [-0.05, 0) is 19.1 Å². The van der Waals surface area contributed by atoms with Crippen molar-refractivity contribution in [1.29, 1.82) is 0 Å². The molecule has 0 atom stereocenters. The fourth-order valence-electron chi connectivity index (χ4n) is 4.02. The zero-order valence-corrected chi connectivity index (χ0v) is 19.5. The second-order valence-electron chi connectivity index (χ2n) is 7.77. The van der Waals surface area contributed by atoms with Gasteiger partial charge in [-0.3, -0.25) is 4.90 Å². The monoisotopic (exact) mass is 475 g/mol. The van der Waals surface area contributed by atoms with Crippen LogP contribution in [0.15, 0.2) is 24.3 Å². The van der Waals surface area contributed by atoms with Crippen molar-refractivity contribution in [2.75, 3.05) is 58.0 Å². The average molecular weight is 476 g/mol. The number of fused-ring (bicyclic) bond motifs is 1. The lowest BCUT2D eigenvalue weighted by atomic mass is 10.2. The van der Waals surface area contributed by atoms with Crippen LogP contribution >= 0.6 is 11.6 Å². The molecule has 0 unspecified atom stereocenters. The van der Waals surface area contributed by atoms with Crippen LogP contribution in [-0.4, -0.2) is 83.6 Å². The molecular weight excluding hydrogens is 449 g/mol. The van der Waals surface area contributed by atoms with Gasteiger partial charge in [-0.25, -0.2) is 24.1 Å². The first-order valence-corrected chi connectivity index (χ1v) is 11.2. The van der Waals surface area contributed by atoms with Gasteiger partial charge in [0, 0.05) is 51.4 Å². The van der Waals surface area contributed by atoms with Crippen molar-refractivity contribution in [3.05, 3.63) is 35.1 Å². The molecule has 1 fully saturated rings. The molecule has 1 aliphatic rings. The molecule has 4 rings (SSSR count). The summed E-state index contributed by atoms with van der Waals surface area (Å²) in [6, 6.07) is 7.49. The van der Waals surface area contributed by atoms with Crippen LogP contribution in [0.3, 0.4) is 0 Å². The molecular formula is C22H27ClFN7O2. The summed E-state index contributed by atoms with van der Waals surface area (Å²) in [5.74, 6) is 2.03. The summed E-state index contributed by atoms with van der Waals surface area (Å²) in [7, 11) is 1.33. The Bertz CT molecular complexity index is 1130. The minimum absolute atomic E-state index is 0.329. The highest BCUT2D eigenvalue weighted by molar-refractivity contribution is 6.33. The second-order valence-corrected chi connectivity index (χ2v) is 8.18. The zero-order chi connectivity index (χ0) is 23.4. The zero-order valence-electron chi connectivity index (χ0n) is 18.7. The standard InChI is InChI=1S/C22H27ClFN7O2/c1-15-26-20(30-13-11-29(9-7-24)12-14-30)18-21(27-15)31(10-8-25-22(32)33-2)19(28-18)16-5-3-4-6-17(16)23/h3-6H,7-14H2,1-2H3,(H,25,32). The van der Waals surface area contributed by atoms with Crippen LogP contribution in [0.4, 0.5) is 15.0 Å². The van der Waals surface area contributed by atoms with Gasteiger partial charge < -0.3 is 19.5 Å². The minimum Gasteiger partial charge on any atom is -0.453 e. The summed E-state index contributed by atoms with van der Waals surface area (Å²) in [5, 5.41) is 3.28. The van der Waals surface area contributed by atoms with Crippen LogP contribution in [0.5, 0.6) is 0 Å². The topological polar surface area (TPSA) is 88.4 Å². The van der Waals surface area contributed by atoms with E-state index in [1.54, 1.807) is 0 Å². The third-order valence-electron chi connectivity index (χ3n) is 5.67. The largest absolute Gasteiger partial charge is 0.453 e. The number of imidazole rings is 1. The van der Waals surface area contributed by atoms with Gasteiger partial charge in [0.1, 0.15) is 18.3 Å². The fourth-order valence-corrected chi connectivity index (χ4v) is 4.24. The summed E-state index contributed by atoms with van der Waals surface area (Å²) >= 11 is 6.51. The van der Waals surface area contributed by atoms with E-state index in [1.165, 1.54) is 7.11 Å². The summed E-state index contributed by atoms with van der Waals surface area (Å²) in [6.45, 7) is 5.68. The van der Waals surface area contributed by atoms with Gasteiger partial charge in [0.25, 0.3) is 0 Å². The van der Waals surface area contributed by atoms with Crippen LogP contribution in [0.2, 0.25) is 5.02 Å². The van der Waals surface area contributed by atoms with E-state index in [0.29, 0.717) is 47.5 Å². The molecule has 1 aliphatic heterocycles. The number of anilines is 1. The number of alkyl carbamates (subject to hydrolysis) is 1. The lowest BCUT2D eigenvalue weighted by molar-refractivity contribution is 0.170.